The molecular formula is C19H16ClNO3. The second kappa shape index (κ2) is 7.23. The number of nitrogens with one attached hydrogen (secondary N) is 1. The molecule has 0 atom stereocenters. The maximum Gasteiger partial charge on any atom is 0.291 e. The average Bonchev–Trinajstić information content (AvgIpc) is 3.06. The smallest absolute Gasteiger partial charge is 0.291 e. The Morgan fingerprint density at radius 2 is 1.96 bits per heavy atom. The number of aryl methyl sites for hydroxylation is 1. The number of furan rings is 1. The fourth-order valence-corrected chi connectivity index (χ4v) is 2.37. The van der Waals surface area contributed by atoms with Crippen LogP contribution in [-0.2, 0) is 6.61 Å². The molecule has 0 saturated heterocycles. The summed E-state index contributed by atoms with van der Waals surface area (Å²) < 4.78 is 11.0. The van der Waals surface area contributed by atoms with Crippen molar-refractivity contribution in [3.63, 3.8) is 0 Å². The zero-order chi connectivity index (χ0) is 16.9. The Morgan fingerprint density at radius 3 is 2.71 bits per heavy atom. The number of halogens is 1. The molecule has 4 nitrogen and oxygen atoms in total. The van der Waals surface area contributed by atoms with E-state index in [-0.39, 0.29) is 18.3 Å². The number of anilines is 1. The lowest BCUT2D eigenvalue weighted by molar-refractivity contribution is 0.0993. The number of ether oxygens (including phenoxy) is 1. The first-order chi connectivity index (χ1) is 11.6. The maximum absolute atomic E-state index is 12.4. The van der Waals surface area contributed by atoms with Crippen LogP contribution in [-0.4, -0.2) is 5.91 Å². The Bertz CT molecular complexity index is 843. The summed E-state index contributed by atoms with van der Waals surface area (Å²) in [6.07, 6.45) is 1.47. The van der Waals surface area contributed by atoms with Gasteiger partial charge in [0, 0.05) is 16.3 Å². The molecular weight excluding hydrogens is 326 g/mol. The van der Waals surface area contributed by atoms with Gasteiger partial charge in [0.2, 0.25) is 0 Å². The van der Waals surface area contributed by atoms with Gasteiger partial charge in [-0.1, -0.05) is 35.9 Å². The van der Waals surface area contributed by atoms with E-state index in [9.17, 15) is 4.79 Å². The number of hydrogen-bond donors (Lipinski definition) is 1. The van der Waals surface area contributed by atoms with Gasteiger partial charge >= 0.3 is 0 Å². The first-order valence-corrected chi connectivity index (χ1v) is 7.83. The standard InChI is InChI=1S/C19H16ClNO3/c1-13-7-8-15(11-17(13)20)21-19(22)18-14(9-10-23-18)12-24-16-5-3-2-4-6-16/h2-11H,12H2,1H3,(H,21,22). The fraction of sp³-hybridized carbons (Fsp3) is 0.105. The van der Waals surface area contributed by atoms with Gasteiger partial charge in [-0.3, -0.25) is 4.79 Å². The van der Waals surface area contributed by atoms with Crippen LogP contribution in [0.4, 0.5) is 5.69 Å². The van der Waals surface area contributed by atoms with Crippen molar-refractivity contribution >= 4 is 23.2 Å². The Kier molecular flexibility index (Phi) is 4.87. The lowest BCUT2D eigenvalue weighted by Gasteiger charge is -2.08. The molecule has 1 heterocycles. The molecule has 1 aromatic heterocycles. The first kappa shape index (κ1) is 16.1. The Balaban J connectivity index is 1.69. The number of carbonyl (C=O) groups excluding carboxylic acids is 1. The van der Waals surface area contributed by atoms with Gasteiger partial charge in [-0.25, -0.2) is 0 Å². The zero-order valence-corrected chi connectivity index (χ0v) is 13.8. The van der Waals surface area contributed by atoms with E-state index in [1.165, 1.54) is 6.26 Å². The zero-order valence-electron chi connectivity index (χ0n) is 13.1. The highest BCUT2D eigenvalue weighted by Gasteiger charge is 2.16. The summed E-state index contributed by atoms with van der Waals surface area (Å²) >= 11 is 6.08. The Labute approximate surface area is 145 Å². The quantitative estimate of drug-likeness (QED) is 0.704. The van der Waals surface area contributed by atoms with E-state index in [0.717, 1.165) is 11.3 Å². The van der Waals surface area contributed by atoms with Crippen LogP contribution in [0.5, 0.6) is 5.75 Å². The third-order valence-corrected chi connectivity index (χ3v) is 3.93. The van der Waals surface area contributed by atoms with E-state index in [1.54, 1.807) is 18.2 Å². The predicted molar refractivity (Wildman–Crippen MR) is 93.6 cm³/mol. The molecule has 0 saturated carbocycles. The summed E-state index contributed by atoms with van der Waals surface area (Å²) in [6.45, 7) is 2.15. The summed E-state index contributed by atoms with van der Waals surface area (Å²) in [7, 11) is 0. The summed E-state index contributed by atoms with van der Waals surface area (Å²) in [5.74, 6) is 0.615. The van der Waals surface area contributed by atoms with Crippen LogP contribution in [0.25, 0.3) is 0 Å². The van der Waals surface area contributed by atoms with E-state index in [1.807, 2.05) is 43.3 Å². The number of hydrogen-bond acceptors (Lipinski definition) is 3. The molecule has 0 aliphatic carbocycles. The molecule has 3 aromatic rings. The van der Waals surface area contributed by atoms with E-state index in [2.05, 4.69) is 5.32 Å². The number of para-hydroxylation sites is 1. The monoisotopic (exact) mass is 341 g/mol. The van der Waals surface area contributed by atoms with Crippen molar-refractivity contribution in [2.24, 2.45) is 0 Å². The molecule has 24 heavy (non-hydrogen) atoms. The van der Waals surface area contributed by atoms with Crippen LogP contribution in [0.15, 0.2) is 65.3 Å². The van der Waals surface area contributed by atoms with Gasteiger partial charge < -0.3 is 14.5 Å². The topological polar surface area (TPSA) is 51.5 Å². The fourth-order valence-electron chi connectivity index (χ4n) is 2.18. The van der Waals surface area contributed by atoms with Crippen LogP contribution in [0.3, 0.4) is 0 Å². The van der Waals surface area contributed by atoms with Gasteiger partial charge in [0.05, 0.1) is 6.26 Å². The molecule has 3 rings (SSSR count). The lowest BCUT2D eigenvalue weighted by Crippen LogP contribution is -2.13. The molecule has 0 fully saturated rings. The van der Waals surface area contributed by atoms with Crippen molar-refractivity contribution in [1.29, 1.82) is 0 Å². The second-order valence-corrected chi connectivity index (χ2v) is 5.70. The SMILES string of the molecule is Cc1ccc(NC(=O)c2occc2COc2ccccc2)cc1Cl. The van der Waals surface area contributed by atoms with Crippen molar-refractivity contribution in [1.82, 2.24) is 0 Å². The normalized spacial score (nSPS) is 10.4. The second-order valence-electron chi connectivity index (χ2n) is 5.29. The van der Waals surface area contributed by atoms with Gasteiger partial charge in [-0.05, 0) is 42.8 Å². The molecule has 0 aliphatic heterocycles. The van der Waals surface area contributed by atoms with Crippen LogP contribution >= 0.6 is 11.6 Å². The Morgan fingerprint density at radius 1 is 1.17 bits per heavy atom. The molecule has 0 unspecified atom stereocenters. The van der Waals surface area contributed by atoms with Gasteiger partial charge in [-0.15, -0.1) is 0 Å². The van der Waals surface area contributed by atoms with E-state index < -0.39 is 0 Å². The van der Waals surface area contributed by atoms with Gasteiger partial charge in [0.1, 0.15) is 12.4 Å². The molecule has 0 aliphatic rings. The van der Waals surface area contributed by atoms with Gasteiger partial charge in [-0.2, -0.15) is 0 Å². The van der Waals surface area contributed by atoms with Crippen molar-refractivity contribution < 1.29 is 13.9 Å². The minimum Gasteiger partial charge on any atom is -0.489 e. The van der Waals surface area contributed by atoms with Crippen molar-refractivity contribution in [3.05, 3.63) is 82.8 Å². The molecule has 1 N–H and O–H groups in total. The molecule has 2 aromatic carbocycles. The van der Waals surface area contributed by atoms with Crippen LogP contribution in [0, 0.1) is 6.92 Å². The molecule has 0 radical (unpaired) electrons. The van der Waals surface area contributed by atoms with Crippen LogP contribution < -0.4 is 10.1 Å². The van der Waals surface area contributed by atoms with E-state index in [0.29, 0.717) is 16.3 Å². The third kappa shape index (κ3) is 3.78. The number of carbonyl (C=O) groups is 1. The maximum atomic E-state index is 12.4. The highest BCUT2D eigenvalue weighted by molar-refractivity contribution is 6.31. The number of benzene rings is 2. The van der Waals surface area contributed by atoms with E-state index >= 15 is 0 Å². The number of rotatable bonds is 5. The van der Waals surface area contributed by atoms with E-state index in [4.69, 9.17) is 20.8 Å². The Hall–Kier alpha value is -2.72. The van der Waals surface area contributed by atoms with Crippen molar-refractivity contribution in [2.75, 3.05) is 5.32 Å². The molecule has 5 heteroatoms. The molecule has 122 valence electrons. The highest BCUT2D eigenvalue weighted by Crippen LogP contribution is 2.22. The molecule has 0 spiro atoms. The largest absolute Gasteiger partial charge is 0.489 e. The van der Waals surface area contributed by atoms with Gasteiger partial charge in [0.15, 0.2) is 5.76 Å². The third-order valence-electron chi connectivity index (χ3n) is 3.52. The summed E-state index contributed by atoms with van der Waals surface area (Å²) in [5, 5.41) is 3.38. The molecule has 0 bridgehead atoms. The predicted octanol–water partition coefficient (Wildman–Crippen LogP) is 5.07. The van der Waals surface area contributed by atoms with Crippen LogP contribution in [0.1, 0.15) is 21.7 Å². The average molecular weight is 342 g/mol. The molecule has 1 amide bonds. The minimum absolute atomic E-state index is 0.225. The van der Waals surface area contributed by atoms with Crippen LogP contribution in [0.2, 0.25) is 5.02 Å². The summed E-state index contributed by atoms with van der Waals surface area (Å²) in [5.41, 5.74) is 2.24. The van der Waals surface area contributed by atoms with Gasteiger partial charge in [0.25, 0.3) is 5.91 Å². The van der Waals surface area contributed by atoms with Crippen molar-refractivity contribution in [3.8, 4) is 5.75 Å². The first-order valence-electron chi connectivity index (χ1n) is 7.45. The minimum atomic E-state index is -0.341. The lowest BCUT2D eigenvalue weighted by atomic mass is 10.2. The number of amides is 1. The summed E-state index contributed by atoms with van der Waals surface area (Å²) in [4.78, 5) is 12.4. The van der Waals surface area contributed by atoms with Crippen molar-refractivity contribution in [2.45, 2.75) is 13.5 Å². The summed E-state index contributed by atoms with van der Waals surface area (Å²) in [6, 6.07) is 16.5. The highest BCUT2D eigenvalue weighted by atomic mass is 35.5.